The third-order valence-corrected chi connectivity index (χ3v) is 3.89. The van der Waals surface area contributed by atoms with Gasteiger partial charge in [0.25, 0.3) is 0 Å². The number of nitrogens with one attached hydrogen (secondary N) is 2. The largest absolute Gasteiger partial charge is 0.353 e. The summed E-state index contributed by atoms with van der Waals surface area (Å²) in [4.78, 5) is 7.58. The third-order valence-electron chi connectivity index (χ3n) is 3.89. The van der Waals surface area contributed by atoms with Crippen LogP contribution in [-0.2, 0) is 0 Å². The van der Waals surface area contributed by atoms with Crippen LogP contribution < -0.4 is 5.32 Å². The Morgan fingerprint density at radius 1 is 1.11 bits per heavy atom. The lowest BCUT2D eigenvalue weighted by Gasteiger charge is -2.10. The van der Waals surface area contributed by atoms with Gasteiger partial charge in [0, 0.05) is 28.5 Å². The van der Waals surface area contributed by atoms with Crippen LogP contribution in [0.5, 0.6) is 0 Å². The van der Waals surface area contributed by atoms with E-state index in [2.05, 4.69) is 39.6 Å². The molecule has 1 fully saturated rings. The summed E-state index contributed by atoms with van der Waals surface area (Å²) in [6.07, 6.45) is 6.27. The molecule has 0 radical (unpaired) electrons. The Morgan fingerprint density at radius 3 is 3.00 bits per heavy atom. The number of fused-ring (bicyclic) bond motifs is 3. The summed E-state index contributed by atoms with van der Waals surface area (Å²) in [5.41, 5.74) is 3.71. The molecule has 2 N–H and O–H groups in total. The fourth-order valence-corrected chi connectivity index (χ4v) is 2.95. The zero-order valence-electron chi connectivity index (χ0n) is 10.1. The van der Waals surface area contributed by atoms with Gasteiger partial charge >= 0.3 is 0 Å². The van der Waals surface area contributed by atoms with Crippen molar-refractivity contribution >= 4 is 21.8 Å². The lowest BCUT2D eigenvalue weighted by molar-refractivity contribution is 0.648. The van der Waals surface area contributed by atoms with E-state index >= 15 is 0 Å². The number of H-pyrrole nitrogens is 1. The Labute approximate surface area is 105 Å². The smallest absolute Gasteiger partial charge is 0.0651 e. The van der Waals surface area contributed by atoms with Crippen molar-refractivity contribution in [2.45, 2.75) is 18.9 Å². The van der Waals surface area contributed by atoms with E-state index < -0.39 is 0 Å². The molecule has 0 aliphatic carbocycles. The molecule has 1 atom stereocenters. The summed E-state index contributed by atoms with van der Waals surface area (Å²) >= 11 is 0. The number of nitrogens with zero attached hydrogens (tertiary/aromatic N) is 1. The molecule has 1 unspecified atom stereocenters. The fourth-order valence-electron chi connectivity index (χ4n) is 2.95. The molecule has 0 saturated carbocycles. The van der Waals surface area contributed by atoms with Crippen LogP contribution in [0.1, 0.15) is 24.4 Å². The van der Waals surface area contributed by atoms with Gasteiger partial charge in [-0.2, -0.15) is 0 Å². The van der Waals surface area contributed by atoms with Crippen LogP contribution in [0.3, 0.4) is 0 Å². The number of rotatable bonds is 1. The predicted molar refractivity (Wildman–Crippen MR) is 73.6 cm³/mol. The van der Waals surface area contributed by atoms with Gasteiger partial charge in [-0.3, -0.25) is 4.98 Å². The highest BCUT2D eigenvalue weighted by Crippen LogP contribution is 2.30. The van der Waals surface area contributed by atoms with Gasteiger partial charge in [0.1, 0.15) is 0 Å². The van der Waals surface area contributed by atoms with Gasteiger partial charge in [0.05, 0.1) is 11.7 Å². The van der Waals surface area contributed by atoms with E-state index in [0.29, 0.717) is 6.04 Å². The van der Waals surface area contributed by atoms with Crippen molar-refractivity contribution in [3.05, 3.63) is 42.2 Å². The van der Waals surface area contributed by atoms with Gasteiger partial charge in [-0.15, -0.1) is 0 Å². The number of hydrogen-bond acceptors (Lipinski definition) is 2. The van der Waals surface area contributed by atoms with Crippen molar-refractivity contribution in [2.75, 3.05) is 6.54 Å². The molecule has 3 nitrogen and oxygen atoms in total. The molecule has 3 heterocycles. The molecular weight excluding hydrogens is 222 g/mol. The molecular formula is C15H15N3. The fraction of sp³-hybridized carbons (Fsp3) is 0.267. The quantitative estimate of drug-likeness (QED) is 0.682. The zero-order chi connectivity index (χ0) is 11.9. The lowest BCUT2D eigenvalue weighted by Crippen LogP contribution is -2.12. The summed E-state index contributed by atoms with van der Waals surface area (Å²) in [7, 11) is 0. The summed E-state index contributed by atoms with van der Waals surface area (Å²) < 4.78 is 0. The van der Waals surface area contributed by atoms with Gasteiger partial charge < -0.3 is 10.3 Å². The standard InChI is InChI=1S/C15H15N3/c1-2-13(17-6-1)10-3-4-14-12(8-10)11-5-7-16-9-15(11)18-14/h3-5,7-9,13,17-18H,1-2,6H2. The number of aromatic amines is 1. The van der Waals surface area contributed by atoms with Gasteiger partial charge in [0.2, 0.25) is 0 Å². The van der Waals surface area contributed by atoms with Crippen LogP contribution in [0.15, 0.2) is 36.7 Å². The minimum absolute atomic E-state index is 0.529. The average Bonchev–Trinajstić information content (AvgIpc) is 3.05. The lowest BCUT2D eigenvalue weighted by atomic mass is 10.0. The van der Waals surface area contributed by atoms with Gasteiger partial charge in [-0.1, -0.05) is 6.07 Å². The molecule has 1 saturated heterocycles. The number of aromatic nitrogens is 2. The Morgan fingerprint density at radius 2 is 2.11 bits per heavy atom. The highest BCUT2D eigenvalue weighted by atomic mass is 14.9. The minimum Gasteiger partial charge on any atom is -0.353 e. The second kappa shape index (κ2) is 3.82. The molecule has 1 aromatic carbocycles. The molecule has 90 valence electrons. The maximum atomic E-state index is 4.16. The average molecular weight is 237 g/mol. The van der Waals surface area contributed by atoms with Crippen LogP contribution in [-0.4, -0.2) is 16.5 Å². The maximum Gasteiger partial charge on any atom is 0.0651 e. The first-order chi connectivity index (χ1) is 8.92. The second-order valence-electron chi connectivity index (χ2n) is 5.00. The van der Waals surface area contributed by atoms with Crippen molar-refractivity contribution in [2.24, 2.45) is 0 Å². The molecule has 0 bridgehead atoms. The summed E-state index contributed by atoms with van der Waals surface area (Å²) in [5, 5.41) is 6.12. The van der Waals surface area contributed by atoms with E-state index in [1.54, 1.807) is 0 Å². The molecule has 3 heteroatoms. The van der Waals surface area contributed by atoms with Crippen molar-refractivity contribution in [3.8, 4) is 0 Å². The van der Waals surface area contributed by atoms with Crippen LogP contribution in [0.4, 0.5) is 0 Å². The predicted octanol–water partition coefficient (Wildman–Crippen LogP) is 3.14. The monoisotopic (exact) mass is 237 g/mol. The van der Waals surface area contributed by atoms with Crippen molar-refractivity contribution in [3.63, 3.8) is 0 Å². The summed E-state index contributed by atoms with van der Waals surface area (Å²) in [5.74, 6) is 0. The Bertz CT molecular complexity index is 708. The van der Waals surface area contributed by atoms with E-state index in [4.69, 9.17) is 0 Å². The molecule has 0 amide bonds. The van der Waals surface area contributed by atoms with Crippen LogP contribution in [0.2, 0.25) is 0 Å². The van der Waals surface area contributed by atoms with Crippen molar-refractivity contribution < 1.29 is 0 Å². The SMILES string of the molecule is c1cc2c(cn1)[nH]c1ccc(C3CCCN3)cc12. The topological polar surface area (TPSA) is 40.7 Å². The van der Waals surface area contributed by atoms with E-state index in [0.717, 1.165) is 12.1 Å². The molecule has 1 aliphatic rings. The minimum atomic E-state index is 0.529. The van der Waals surface area contributed by atoms with Gasteiger partial charge in [-0.25, -0.2) is 0 Å². The van der Waals surface area contributed by atoms with E-state index in [-0.39, 0.29) is 0 Å². The maximum absolute atomic E-state index is 4.16. The highest BCUT2D eigenvalue weighted by Gasteiger charge is 2.16. The van der Waals surface area contributed by atoms with E-state index in [1.165, 1.54) is 34.7 Å². The Hall–Kier alpha value is -1.87. The first-order valence-electron chi connectivity index (χ1n) is 6.50. The first-order valence-corrected chi connectivity index (χ1v) is 6.50. The normalized spacial score (nSPS) is 19.9. The van der Waals surface area contributed by atoms with E-state index in [9.17, 15) is 0 Å². The van der Waals surface area contributed by atoms with Gasteiger partial charge in [0.15, 0.2) is 0 Å². The molecule has 3 aromatic rings. The Balaban J connectivity index is 1.94. The Kier molecular flexibility index (Phi) is 2.14. The van der Waals surface area contributed by atoms with Crippen LogP contribution in [0.25, 0.3) is 21.8 Å². The number of benzene rings is 1. The molecule has 1 aliphatic heterocycles. The second-order valence-corrected chi connectivity index (χ2v) is 5.00. The van der Waals surface area contributed by atoms with E-state index in [1.807, 2.05) is 12.4 Å². The van der Waals surface area contributed by atoms with Crippen LogP contribution in [0, 0.1) is 0 Å². The van der Waals surface area contributed by atoms with Gasteiger partial charge in [-0.05, 0) is 43.1 Å². The van der Waals surface area contributed by atoms with Crippen LogP contribution >= 0.6 is 0 Å². The zero-order valence-corrected chi connectivity index (χ0v) is 10.1. The number of hydrogen-bond donors (Lipinski definition) is 2. The third kappa shape index (κ3) is 1.44. The molecule has 2 aromatic heterocycles. The molecule has 4 rings (SSSR count). The molecule has 0 spiro atoms. The number of pyridine rings is 1. The molecule has 18 heavy (non-hydrogen) atoms. The van der Waals surface area contributed by atoms with Crippen molar-refractivity contribution in [1.82, 2.24) is 15.3 Å². The summed E-state index contributed by atoms with van der Waals surface area (Å²) in [6.45, 7) is 1.14. The first kappa shape index (κ1) is 10.1. The summed E-state index contributed by atoms with van der Waals surface area (Å²) in [6, 6.07) is 9.34. The van der Waals surface area contributed by atoms with Crippen molar-refractivity contribution in [1.29, 1.82) is 0 Å². The highest BCUT2D eigenvalue weighted by molar-refractivity contribution is 6.07.